The Kier molecular flexibility index (Phi) is 9.43. The summed E-state index contributed by atoms with van der Waals surface area (Å²) in [7, 11) is 0. The van der Waals surface area contributed by atoms with E-state index in [0.29, 0.717) is 17.6 Å². The molecule has 0 saturated heterocycles. The normalized spacial score (nSPS) is 11.5. The van der Waals surface area contributed by atoms with Gasteiger partial charge in [0.15, 0.2) is 11.6 Å². The summed E-state index contributed by atoms with van der Waals surface area (Å²) in [5.41, 5.74) is 16.4. The molecular formula is C63H41N5. The van der Waals surface area contributed by atoms with Crippen LogP contribution in [-0.4, -0.2) is 24.1 Å². The molecule has 0 unspecified atom stereocenters. The van der Waals surface area contributed by atoms with Gasteiger partial charge in [-0.25, -0.2) is 4.98 Å². The van der Waals surface area contributed by atoms with Gasteiger partial charge in [-0.05, 0) is 75.3 Å². The topological polar surface area (TPSA) is 48.5 Å². The second kappa shape index (κ2) is 16.4. The highest BCUT2D eigenvalue weighted by Gasteiger charge is 2.24. The number of hydrogen-bond donors (Lipinski definition) is 0. The summed E-state index contributed by atoms with van der Waals surface area (Å²) < 4.78 is 4.71. The molecule has 0 fully saturated rings. The molecule has 0 bridgehead atoms. The van der Waals surface area contributed by atoms with Gasteiger partial charge in [-0.2, -0.15) is 9.97 Å². The average molecular weight is 868 g/mol. The number of benzene rings is 10. The number of para-hydroxylation sites is 2. The maximum absolute atomic E-state index is 5.45. The Labute approximate surface area is 393 Å². The van der Waals surface area contributed by atoms with Crippen molar-refractivity contribution in [1.82, 2.24) is 24.1 Å². The maximum Gasteiger partial charge on any atom is 0.238 e. The monoisotopic (exact) mass is 867 g/mol. The molecule has 68 heavy (non-hydrogen) atoms. The summed E-state index contributed by atoms with van der Waals surface area (Å²) >= 11 is 0. The Morgan fingerprint density at radius 1 is 0.265 bits per heavy atom. The minimum absolute atomic E-state index is 0.551. The van der Waals surface area contributed by atoms with Crippen molar-refractivity contribution in [2.75, 3.05) is 0 Å². The van der Waals surface area contributed by atoms with E-state index in [9.17, 15) is 0 Å². The van der Waals surface area contributed by atoms with Crippen LogP contribution in [0.4, 0.5) is 0 Å². The lowest BCUT2D eigenvalue weighted by Crippen LogP contribution is -2.06. The van der Waals surface area contributed by atoms with Crippen LogP contribution in [0.2, 0.25) is 0 Å². The minimum Gasteiger partial charge on any atom is -0.309 e. The van der Waals surface area contributed by atoms with Gasteiger partial charge in [0.25, 0.3) is 0 Å². The molecule has 0 N–H and O–H groups in total. The smallest absolute Gasteiger partial charge is 0.238 e. The van der Waals surface area contributed by atoms with Gasteiger partial charge in [0.1, 0.15) is 0 Å². The first-order chi connectivity index (χ1) is 33.7. The summed E-state index contributed by atoms with van der Waals surface area (Å²) in [5, 5.41) is 4.52. The van der Waals surface area contributed by atoms with Crippen LogP contribution in [0.25, 0.3) is 123 Å². The van der Waals surface area contributed by atoms with Crippen LogP contribution in [-0.2, 0) is 0 Å². The zero-order chi connectivity index (χ0) is 45.0. The van der Waals surface area contributed by atoms with Crippen molar-refractivity contribution in [1.29, 1.82) is 0 Å². The standard InChI is InChI=1S/C63H41N5/c1-5-18-42(19-6-1)45-32-34-47(35-33-45)61-64-62(50-27-17-26-48(40-50)43-20-7-2-8-21-43)66-63(65-61)68-55-30-15-13-28-51(55)52-37-39-58-59(60(52)68)53-29-14-16-31-56(53)67(58)57-38-36-49(44-22-9-3-10-23-44)41-54(57)46-24-11-4-12-25-46/h1-41H. The Bertz CT molecular complexity index is 3990. The predicted octanol–water partition coefficient (Wildman–Crippen LogP) is 16.1. The van der Waals surface area contributed by atoms with Gasteiger partial charge in [0.2, 0.25) is 5.95 Å². The van der Waals surface area contributed by atoms with Gasteiger partial charge < -0.3 is 4.57 Å². The fourth-order valence-electron chi connectivity index (χ4n) is 10.00. The molecule has 5 heteroatoms. The molecular weight excluding hydrogens is 827 g/mol. The maximum atomic E-state index is 5.45. The Hall–Kier alpha value is -9.19. The summed E-state index contributed by atoms with van der Waals surface area (Å²) in [6.07, 6.45) is 0. The molecule has 0 aliphatic heterocycles. The van der Waals surface area contributed by atoms with Gasteiger partial charge in [-0.3, -0.25) is 4.57 Å². The lowest BCUT2D eigenvalue weighted by molar-refractivity contribution is 0.955. The molecule has 318 valence electrons. The first kappa shape index (κ1) is 39.2. The first-order valence-electron chi connectivity index (χ1n) is 23.0. The number of rotatable bonds is 8. The van der Waals surface area contributed by atoms with Crippen molar-refractivity contribution in [2.45, 2.75) is 0 Å². The highest BCUT2D eigenvalue weighted by Crippen LogP contribution is 2.44. The van der Waals surface area contributed by atoms with E-state index in [4.69, 9.17) is 15.0 Å². The largest absolute Gasteiger partial charge is 0.309 e. The highest BCUT2D eigenvalue weighted by atomic mass is 15.2. The SMILES string of the molecule is c1ccc(-c2ccc(-c3nc(-c4cccc(-c5ccccc5)c4)nc(-n4c5ccccc5c5ccc6c(c7ccccc7n6-c6ccc(-c7ccccc7)cc6-c6ccccc6)c54)n3)cc2)cc1. The molecule has 0 saturated carbocycles. The second-order valence-electron chi connectivity index (χ2n) is 17.2. The zero-order valence-electron chi connectivity index (χ0n) is 36.9. The molecule has 0 amide bonds. The molecule has 5 nitrogen and oxygen atoms in total. The predicted molar refractivity (Wildman–Crippen MR) is 281 cm³/mol. The van der Waals surface area contributed by atoms with Crippen molar-refractivity contribution in [3.8, 4) is 78.9 Å². The van der Waals surface area contributed by atoms with Gasteiger partial charge >= 0.3 is 0 Å². The average Bonchev–Trinajstić information content (AvgIpc) is 3.95. The summed E-state index contributed by atoms with van der Waals surface area (Å²) in [5.74, 6) is 1.75. The minimum atomic E-state index is 0.551. The Morgan fingerprint density at radius 2 is 0.735 bits per heavy atom. The van der Waals surface area contributed by atoms with Crippen molar-refractivity contribution in [3.05, 3.63) is 249 Å². The fraction of sp³-hybridized carbons (Fsp3) is 0. The van der Waals surface area contributed by atoms with E-state index in [-0.39, 0.29) is 0 Å². The van der Waals surface area contributed by atoms with E-state index in [1.54, 1.807) is 0 Å². The van der Waals surface area contributed by atoms with E-state index in [0.717, 1.165) is 93.8 Å². The third kappa shape index (κ3) is 6.68. The van der Waals surface area contributed by atoms with E-state index in [1.807, 2.05) is 12.1 Å². The second-order valence-corrected chi connectivity index (χ2v) is 17.2. The van der Waals surface area contributed by atoms with Crippen molar-refractivity contribution in [3.63, 3.8) is 0 Å². The number of aromatic nitrogens is 5. The van der Waals surface area contributed by atoms with Gasteiger partial charge in [-0.1, -0.05) is 212 Å². The zero-order valence-corrected chi connectivity index (χ0v) is 36.9. The molecule has 0 radical (unpaired) electrons. The molecule has 3 aromatic heterocycles. The quantitative estimate of drug-likeness (QED) is 0.153. The Balaban J connectivity index is 1.09. The van der Waals surface area contributed by atoms with Crippen molar-refractivity contribution >= 4 is 43.6 Å². The van der Waals surface area contributed by atoms with Gasteiger partial charge in [0, 0.05) is 38.2 Å². The number of hydrogen-bond acceptors (Lipinski definition) is 3. The van der Waals surface area contributed by atoms with E-state index in [1.165, 1.54) is 11.1 Å². The molecule has 0 atom stereocenters. The van der Waals surface area contributed by atoms with Crippen LogP contribution < -0.4 is 0 Å². The highest BCUT2D eigenvalue weighted by molar-refractivity contribution is 6.26. The van der Waals surface area contributed by atoms with Crippen molar-refractivity contribution < 1.29 is 0 Å². The molecule has 0 aliphatic rings. The third-order valence-corrected chi connectivity index (χ3v) is 13.2. The molecule has 10 aromatic carbocycles. The third-order valence-electron chi connectivity index (χ3n) is 13.2. The van der Waals surface area contributed by atoms with Crippen LogP contribution in [0.5, 0.6) is 0 Å². The molecule has 0 aliphatic carbocycles. The van der Waals surface area contributed by atoms with E-state index in [2.05, 4.69) is 246 Å². The fourth-order valence-corrected chi connectivity index (χ4v) is 10.00. The number of fused-ring (bicyclic) bond motifs is 7. The van der Waals surface area contributed by atoms with Crippen molar-refractivity contribution in [2.24, 2.45) is 0 Å². The Morgan fingerprint density at radius 3 is 1.40 bits per heavy atom. The van der Waals surface area contributed by atoms with E-state index >= 15 is 0 Å². The van der Waals surface area contributed by atoms with Gasteiger partial charge in [0.05, 0.1) is 27.8 Å². The lowest BCUT2D eigenvalue weighted by Gasteiger charge is -2.16. The number of nitrogens with zero attached hydrogens (tertiary/aromatic N) is 5. The molecule has 3 heterocycles. The van der Waals surface area contributed by atoms with Crippen LogP contribution >= 0.6 is 0 Å². The van der Waals surface area contributed by atoms with Gasteiger partial charge in [-0.15, -0.1) is 0 Å². The molecule has 13 aromatic rings. The van der Waals surface area contributed by atoms with Crippen LogP contribution in [0.15, 0.2) is 249 Å². The lowest BCUT2D eigenvalue weighted by atomic mass is 9.97. The van der Waals surface area contributed by atoms with Crippen LogP contribution in [0.1, 0.15) is 0 Å². The first-order valence-corrected chi connectivity index (χ1v) is 23.0. The molecule has 0 spiro atoms. The molecule has 13 rings (SSSR count). The summed E-state index contributed by atoms with van der Waals surface area (Å²) in [6.45, 7) is 0. The summed E-state index contributed by atoms with van der Waals surface area (Å²) in [4.78, 5) is 16.1. The van der Waals surface area contributed by atoms with E-state index < -0.39 is 0 Å². The summed E-state index contributed by atoms with van der Waals surface area (Å²) in [6, 6.07) is 88.2. The van der Waals surface area contributed by atoms with Crippen LogP contribution in [0.3, 0.4) is 0 Å². The van der Waals surface area contributed by atoms with Crippen LogP contribution in [0, 0.1) is 0 Å².